The maximum atomic E-state index is 12.3. The molecule has 3 heterocycles. The average molecular weight is 298 g/mol. The van der Waals surface area contributed by atoms with Crippen molar-refractivity contribution in [3.63, 3.8) is 0 Å². The Hall–Kier alpha value is -2.01. The minimum atomic E-state index is -0.155. The zero-order valence-corrected chi connectivity index (χ0v) is 13.4. The van der Waals surface area contributed by atoms with Crippen LogP contribution in [0, 0.1) is 0 Å². The van der Waals surface area contributed by atoms with Crippen LogP contribution in [-0.2, 0) is 24.9 Å². The van der Waals surface area contributed by atoms with Crippen LogP contribution in [0.3, 0.4) is 0 Å². The second-order valence-corrected chi connectivity index (χ2v) is 6.87. The average Bonchev–Trinajstić information content (AvgIpc) is 2.47. The van der Waals surface area contributed by atoms with Crippen LogP contribution in [0.1, 0.15) is 43.5 Å². The Morgan fingerprint density at radius 3 is 2.82 bits per heavy atom. The molecule has 0 bridgehead atoms. The van der Waals surface area contributed by atoms with E-state index in [1.165, 1.54) is 0 Å². The van der Waals surface area contributed by atoms with E-state index in [4.69, 9.17) is 4.98 Å². The zero-order chi connectivity index (χ0) is 15.7. The third kappa shape index (κ3) is 3.09. The van der Waals surface area contributed by atoms with Gasteiger partial charge in [-0.15, -0.1) is 0 Å². The Balaban J connectivity index is 1.85. The van der Waals surface area contributed by atoms with E-state index in [-0.39, 0.29) is 11.0 Å². The van der Waals surface area contributed by atoms with E-state index in [0.29, 0.717) is 6.54 Å². The van der Waals surface area contributed by atoms with E-state index in [0.717, 1.165) is 42.3 Å². The van der Waals surface area contributed by atoms with E-state index in [9.17, 15) is 4.79 Å². The van der Waals surface area contributed by atoms with Crippen molar-refractivity contribution in [3.05, 3.63) is 57.5 Å². The summed E-state index contributed by atoms with van der Waals surface area (Å²) in [6.07, 6.45) is 2.56. The van der Waals surface area contributed by atoms with Gasteiger partial charge in [-0.05, 0) is 18.6 Å². The normalized spacial score (nSPS) is 15.6. The molecule has 116 valence electrons. The van der Waals surface area contributed by atoms with Crippen molar-refractivity contribution in [1.82, 2.24) is 19.9 Å². The first kappa shape index (κ1) is 14.9. The van der Waals surface area contributed by atoms with Gasteiger partial charge in [-0.2, -0.15) is 0 Å². The van der Waals surface area contributed by atoms with E-state index < -0.39 is 0 Å². The molecule has 2 aromatic rings. The van der Waals surface area contributed by atoms with Crippen LogP contribution in [-0.4, -0.2) is 26.4 Å². The van der Waals surface area contributed by atoms with Gasteiger partial charge >= 0.3 is 0 Å². The number of fused-ring (bicyclic) bond motifs is 1. The van der Waals surface area contributed by atoms with Crippen molar-refractivity contribution in [1.29, 1.82) is 0 Å². The van der Waals surface area contributed by atoms with Crippen LogP contribution in [0.15, 0.2) is 29.2 Å². The maximum absolute atomic E-state index is 12.3. The highest BCUT2D eigenvalue weighted by Crippen LogP contribution is 2.21. The topological polar surface area (TPSA) is 61.9 Å². The van der Waals surface area contributed by atoms with Crippen LogP contribution < -0.4 is 5.56 Å². The molecule has 5 nitrogen and oxygen atoms in total. The Morgan fingerprint density at radius 2 is 2.14 bits per heavy atom. The summed E-state index contributed by atoms with van der Waals surface area (Å²) in [5.74, 6) is 0.760. The molecule has 1 N–H and O–H groups in total. The molecule has 1 aliphatic heterocycles. The summed E-state index contributed by atoms with van der Waals surface area (Å²) in [7, 11) is 0. The monoisotopic (exact) mass is 298 g/mol. The summed E-state index contributed by atoms with van der Waals surface area (Å²) >= 11 is 0. The number of H-pyrrole nitrogens is 1. The third-order valence-electron chi connectivity index (χ3n) is 3.97. The molecule has 0 saturated carbocycles. The number of aromatic nitrogens is 3. The van der Waals surface area contributed by atoms with Gasteiger partial charge in [-0.1, -0.05) is 26.8 Å². The molecule has 0 amide bonds. The first-order valence-electron chi connectivity index (χ1n) is 7.68. The van der Waals surface area contributed by atoms with Crippen molar-refractivity contribution >= 4 is 0 Å². The van der Waals surface area contributed by atoms with Crippen molar-refractivity contribution < 1.29 is 0 Å². The number of pyridine rings is 1. The van der Waals surface area contributed by atoms with Gasteiger partial charge in [0.1, 0.15) is 5.82 Å². The Labute approximate surface area is 130 Å². The molecular formula is C17H22N4O. The lowest BCUT2D eigenvalue weighted by Crippen LogP contribution is -2.36. The van der Waals surface area contributed by atoms with Crippen molar-refractivity contribution in [2.45, 2.75) is 45.7 Å². The fourth-order valence-corrected chi connectivity index (χ4v) is 2.70. The van der Waals surface area contributed by atoms with Gasteiger partial charge in [0.15, 0.2) is 0 Å². The molecule has 0 fully saturated rings. The van der Waals surface area contributed by atoms with Crippen molar-refractivity contribution in [2.75, 3.05) is 6.54 Å². The largest absolute Gasteiger partial charge is 0.310 e. The molecule has 3 rings (SSSR count). The Kier molecular flexibility index (Phi) is 3.83. The number of hydrogen-bond donors (Lipinski definition) is 1. The molecule has 0 unspecified atom stereocenters. The number of nitrogens with zero attached hydrogens (tertiary/aromatic N) is 3. The first-order chi connectivity index (χ1) is 10.4. The minimum absolute atomic E-state index is 0.0208. The summed E-state index contributed by atoms with van der Waals surface area (Å²) in [4.78, 5) is 26.6. The molecule has 0 saturated heterocycles. The van der Waals surface area contributed by atoms with Gasteiger partial charge < -0.3 is 4.98 Å². The summed E-state index contributed by atoms with van der Waals surface area (Å²) in [6.45, 7) is 8.55. The molecule has 0 atom stereocenters. The predicted molar refractivity (Wildman–Crippen MR) is 85.6 cm³/mol. The Bertz CT molecular complexity index is 716. The molecular weight excluding hydrogens is 276 g/mol. The summed E-state index contributed by atoms with van der Waals surface area (Å²) < 4.78 is 0. The SMILES string of the molecule is CC(C)(C)c1nc2c(c(=O)[nH]1)CCN(Cc1ccccn1)C2. The second kappa shape index (κ2) is 5.65. The fraction of sp³-hybridized carbons (Fsp3) is 0.471. The molecule has 1 aliphatic rings. The lowest BCUT2D eigenvalue weighted by molar-refractivity contribution is 0.236. The quantitative estimate of drug-likeness (QED) is 0.921. The highest BCUT2D eigenvalue weighted by Gasteiger charge is 2.24. The predicted octanol–water partition coefficient (Wildman–Crippen LogP) is 2.02. The molecule has 5 heteroatoms. The molecule has 0 aliphatic carbocycles. The van der Waals surface area contributed by atoms with E-state index in [1.807, 2.05) is 24.4 Å². The van der Waals surface area contributed by atoms with Gasteiger partial charge in [0.25, 0.3) is 5.56 Å². The smallest absolute Gasteiger partial charge is 0.254 e. The summed E-state index contributed by atoms with van der Waals surface area (Å²) in [5, 5.41) is 0. The van der Waals surface area contributed by atoms with Gasteiger partial charge in [0.2, 0.25) is 0 Å². The highest BCUT2D eigenvalue weighted by molar-refractivity contribution is 5.23. The zero-order valence-electron chi connectivity index (χ0n) is 13.4. The Morgan fingerprint density at radius 1 is 1.32 bits per heavy atom. The van der Waals surface area contributed by atoms with Gasteiger partial charge in [-0.25, -0.2) is 4.98 Å². The standard InChI is InChI=1S/C17H22N4O/c1-17(2,3)16-19-14-11-21(9-7-13(14)15(22)20-16)10-12-6-4-5-8-18-12/h4-6,8H,7,9-11H2,1-3H3,(H,19,20,22). The van der Waals surface area contributed by atoms with E-state index in [1.54, 1.807) is 0 Å². The molecule has 0 radical (unpaired) electrons. The van der Waals surface area contributed by atoms with Crippen molar-refractivity contribution in [3.8, 4) is 0 Å². The summed E-state index contributed by atoms with van der Waals surface area (Å²) in [5.41, 5.74) is 2.66. The number of rotatable bonds is 2. The summed E-state index contributed by atoms with van der Waals surface area (Å²) in [6, 6.07) is 5.95. The van der Waals surface area contributed by atoms with Crippen LogP contribution in [0.5, 0.6) is 0 Å². The molecule has 0 spiro atoms. The lowest BCUT2D eigenvalue weighted by Gasteiger charge is -2.28. The second-order valence-electron chi connectivity index (χ2n) is 6.87. The fourth-order valence-electron chi connectivity index (χ4n) is 2.70. The van der Waals surface area contributed by atoms with E-state index >= 15 is 0 Å². The molecule has 0 aromatic carbocycles. The van der Waals surface area contributed by atoms with Gasteiger partial charge in [0, 0.05) is 36.8 Å². The highest BCUT2D eigenvalue weighted by atomic mass is 16.1. The maximum Gasteiger partial charge on any atom is 0.254 e. The lowest BCUT2D eigenvalue weighted by atomic mass is 9.95. The third-order valence-corrected chi connectivity index (χ3v) is 3.97. The number of aromatic amines is 1. The molecule has 2 aromatic heterocycles. The van der Waals surface area contributed by atoms with Gasteiger partial charge in [0.05, 0.1) is 11.4 Å². The first-order valence-corrected chi connectivity index (χ1v) is 7.68. The van der Waals surface area contributed by atoms with Crippen molar-refractivity contribution in [2.24, 2.45) is 0 Å². The van der Waals surface area contributed by atoms with Gasteiger partial charge in [-0.3, -0.25) is 14.7 Å². The molecule has 22 heavy (non-hydrogen) atoms. The minimum Gasteiger partial charge on any atom is -0.310 e. The van der Waals surface area contributed by atoms with E-state index in [2.05, 4.69) is 35.6 Å². The van der Waals surface area contributed by atoms with Crippen LogP contribution in [0.25, 0.3) is 0 Å². The van der Waals surface area contributed by atoms with Crippen LogP contribution in [0.4, 0.5) is 0 Å². The number of hydrogen-bond acceptors (Lipinski definition) is 4. The van der Waals surface area contributed by atoms with Crippen LogP contribution >= 0.6 is 0 Å². The number of nitrogens with one attached hydrogen (secondary N) is 1. The van der Waals surface area contributed by atoms with Crippen LogP contribution in [0.2, 0.25) is 0 Å².